The molecule has 1 aromatic carbocycles. The molecule has 0 atom stereocenters. The zero-order chi connectivity index (χ0) is 17.8. The number of ether oxygens (including phenoxy) is 1. The van der Waals surface area contributed by atoms with Crippen LogP contribution in [0.5, 0.6) is 5.75 Å². The zero-order valence-corrected chi connectivity index (χ0v) is 15.0. The number of pyridine rings is 1. The largest absolute Gasteiger partial charge is 0.497 e. The fourth-order valence-corrected chi connectivity index (χ4v) is 3.54. The second-order valence-electron chi connectivity index (χ2n) is 6.66. The Bertz CT molecular complexity index is 823. The maximum Gasteiger partial charge on any atom is 0.274 e. The molecular formula is C20H25N5O+2. The molecule has 4 rings (SSSR count). The number of nitrogens with one attached hydrogen (secondary N) is 3. The summed E-state index contributed by atoms with van der Waals surface area (Å²) in [4.78, 5) is 7.34. The third-order valence-corrected chi connectivity index (χ3v) is 5.04. The Kier molecular flexibility index (Phi) is 4.84. The van der Waals surface area contributed by atoms with Crippen LogP contribution >= 0.6 is 0 Å². The molecule has 0 spiro atoms. The zero-order valence-electron chi connectivity index (χ0n) is 15.0. The third-order valence-electron chi connectivity index (χ3n) is 5.04. The van der Waals surface area contributed by atoms with E-state index in [2.05, 4.69) is 44.3 Å². The predicted octanol–water partition coefficient (Wildman–Crippen LogP) is 0.805. The molecule has 3 aromatic rings. The van der Waals surface area contributed by atoms with Crippen molar-refractivity contribution in [3.05, 3.63) is 60.4 Å². The Morgan fingerprint density at radius 2 is 1.96 bits per heavy atom. The van der Waals surface area contributed by atoms with Gasteiger partial charge in [-0.15, -0.1) is 0 Å². The quantitative estimate of drug-likeness (QED) is 0.715. The van der Waals surface area contributed by atoms with Crippen molar-refractivity contribution in [1.82, 2.24) is 10.2 Å². The average Bonchev–Trinajstić information content (AvgIpc) is 3.17. The number of benzene rings is 1. The maximum absolute atomic E-state index is 5.25. The van der Waals surface area contributed by atoms with Gasteiger partial charge >= 0.3 is 0 Å². The van der Waals surface area contributed by atoms with Crippen LogP contribution in [-0.2, 0) is 6.54 Å². The van der Waals surface area contributed by atoms with Gasteiger partial charge in [-0.3, -0.25) is 10.00 Å². The molecule has 0 radical (unpaired) electrons. The van der Waals surface area contributed by atoms with Crippen LogP contribution in [0, 0.1) is 0 Å². The summed E-state index contributed by atoms with van der Waals surface area (Å²) in [6.07, 6.45) is 3.95. The second kappa shape index (κ2) is 7.58. The summed E-state index contributed by atoms with van der Waals surface area (Å²) in [6.45, 7) is 5.35. The Balaban J connectivity index is 1.40. The van der Waals surface area contributed by atoms with E-state index in [9.17, 15) is 0 Å². The Hall–Kier alpha value is -2.86. The van der Waals surface area contributed by atoms with E-state index in [0.717, 1.165) is 49.7 Å². The van der Waals surface area contributed by atoms with Gasteiger partial charge in [-0.1, -0.05) is 6.07 Å². The summed E-state index contributed by atoms with van der Waals surface area (Å²) in [5, 5.41) is 7.45. The first kappa shape index (κ1) is 16.6. The number of aromatic amines is 2. The lowest BCUT2D eigenvalue weighted by atomic mass is 10.1. The van der Waals surface area contributed by atoms with Crippen molar-refractivity contribution in [2.45, 2.75) is 6.54 Å². The number of hydrogen-bond donors (Lipinski definition) is 2. The highest BCUT2D eigenvalue weighted by atomic mass is 16.5. The van der Waals surface area contributed by atoms with Gasteiger partial charge in [0.2, 0.25) is 0 Å². The second-order valence-corrected chi connectivity index (χ2v) is 6.66. The minimum Gasteiger partial charge on any atom is -0.497 e. The number of piperazine rings is 1. The molecule has 3 heterocycles. The summed E-state index contributed by atoms with van der Waals surface area (Å²) < 4.78 is 5.25. The molecule has 6 nitrogen and oxygen atoms in total. The third kappa shape index (κ3) is 3.55. The van der Waals surface area contributed by atoms with Crippen LogP contribution in [-0.4, -0.2) is 43.5 Å². The van der Waals surface area contributed by atoms with Gasteiger partial charge in [0.05, 0.1) is 30.8 Å². The van der Waals surface area contributed by atoms with E-state index >= 15 is 0 Å². The first-order chi connectivity index (χ1) is 12.8. The molecule has 6 heteroatoms. The molecule has 2 aromatic heterocycles. The van der Waals surface area contributed by atoms with Gasteiger partial charge in [0, 0.05) is 11.6 Å². The van der Waals surface area contributed by atoms with Crippen molar-refractivity contribution in [3.8, 4) is 17.0 Å². The highest BCUT2D eigenvalue weighted by Gasteiger charge is 2.26. The Labute approximate surface area is 153 Å². The number of nitrogens with zero attached hydrogens (tertiary/aromatic N) is 2. The monoisotopic (exact) mass is 351 g/mol. The number of H-pyrrole nitrogens is 2. The topological polar surface area (TPSA) is 59.7 Å². The molecule has 1 fully saturated rings. The van der Waals surface area contributed by atoms with Gasteiger partial charge in [0.1, 0.15) is 38.5 Å². The van der Waals surface area contributed by atoms with Crippen LogP contribution < -0.4 is 19.5 Å². The van der Waals surface area contributed by atoms with E-state index in [0.29, 0.717) is 0 Å². The Morgan fingerprint density at radius 3 is 2.65 bits per heavy atom. The van der Waals surface area contributed by atoms with Crippen LogP contribution in [0.4, 0.5) is 5.82 Å². The van der Waals surface area contributed by atoms with Gasteiger partial charge in [-0.2, -0.15) is 5.10 Å². The molecule has 0 aliphatic carbocycles. The first-order valence-electron chi connectivity index (χ1n) is 9.05. The summed E-state index contributed by atoms with van der Waals surface area (Å²) >= 11 is 0. The molecule has 1 saturated heterocycles. The van der Waals surface area contributed by atoms with E-state index in [1.807, 2.05) is 30.6 Å². The lowest BCUT2D eigenvalue weighted by Gasteiger charge is -2.28. The van der Waals surface area contributed by atoms with Crippen molar-refractivity contribution >= 4 is 5.82 Å². The minimum atomic E-state index is 0.870. The van der Waals surface area contributed by atoms with Crippen molar-refractivity contribution in [2.75, 3.05) is 38.2 Å². The molecule has 0 amide bonds. The van der Waals surface area contributed by atoms with E-state index in [-0.39, 0.29) is 0 Å². The Morgan fingerprint density at radius 1 is 1.15 bits per heavy atom. The molecule has 0 unspecified atom stereocenters. The van der Waals surface area contributed by atoms with Gasteiger partial charge in [-0.05, 0) is 30.3 Å². The van der Waals surface area contributed by atoms with Gasteiger partial charge in [0.25, 0.3) is 5.82 Å². The fraction of sp³-hybridized carbons (Fsp3) is 0.300. The van der Waals surface area contributed by atoms with Gasteiger partial charge < -0.3 is 9.64 Å². The number of rotatable bonds is 5. The maximum atomic E-state index is 5.25. The van der Waals surface area contributed by atoms with Crippen LogP contribution in [0.3, 0.4) is 0 Å². The SMILES string of the molecule is COc1ccc(-c2[nH]ncc2C[NH+]2CCN(c3cccc[nH+]3)CC2)cc1. The van der Waals surface area contributed by atoms with E-state index in [4.69, 9.17) is 4.74 Å². The number of hydrogen-bond acceptors (Lipinski definition) is 3. The molecule has 0 saturated carbocycles. The molecule has 3 N–H and O–H groups in total. The van der Waals surface area contributed by atoms with Crippen LogP contribution in [0.2, 0.25) is 0 Å². The molecular weight excluding hydrogens is 326 g/mol. The molecule has 0 bridgehead atoms. The number of methoxy groups -OCH3 is 1. The van der Waals surface area contributed by atoms with Crippen molar-refractivity contribution < 1.29 is 14.6 Å². The average molecular weight is 351 g/mol. The van der Waals surface area contributed by atoms with E-state index in [1.54, 1.807) is 12.0 Å². The van der Waals surface area contributed by atoms with Crippen LogP contribution in [0.25, 0.3) is 11.3 Å². The number of anilines is 1. The molecule has 134 valence electrons. The minimum absolute atomic E-state index is 0.870. The van der Waals surface area contributed by atoms with Crippen molar-refractivity contribution in [1.29, 1.82) is 0 Å². The molecule has 1 aliphatic rings. The number of aromatic nitrogens is 3. The first-order valence-corrected chi connectivity index (χ1v) is 9.05. The standard InChI is InChI=1S/C20H23N5O/c1-26-18-7-5-16(6-8-18)20-17(14-22-23-20)15-24-10-12-25(13-11-24)19-4-2-3-9-21-19/h2-9,14H,10-13,15H2,1H3,(H,22,23)/p+2. The lowest BCUT2D eigenvalue weighted by molar-refractivity contribution is -0.914. The van der Waals surface area contributed by atoms with Crippen LogP contribution in [0.15, 0.2) is 54.9 Å². The van der Waals surface area contributed by atoms with Crippen molar-refractivity contribution in [3.63, 3.8) is 0 Å². The summed E-state index contributed by atoms with van der Waals surface area (Å²) in [5.41, 5.74) is 3.53. The smallest absolute Gasteiger partial charge is 0.274 e. The highest BCUT2D eigenvalue weighted by Crippen LogP contribution is 2.23. The lowest BCUT2D eigenvalue weighted by Crippen LogP contribution is -3.13. The normalized spacial score (nSPS) is 15.2. The van der Waals surface area contributed by atoms with Gasteiger partial charge in [0.15, 0.2) is 0 Å². The van der Waals surface area contributed by atoms with E-state index in [1.165, 1.54) is 11.4 Å². The fourth-order valence-electron chi connectivity index (χ4n) is 3.54. The molecule has 26 heavy (non-hydrogen) atoms. The van der Waals surface area contributed by atoms with E-state index < -0.39 is 0 Å². The molecule has 1 aliphatic heterocycles. The number of quaternary nitrogens is 1. The van der Waals surface area contributed by atoms with Gasteiger partial charge in [-0.25, -0.2) is 4.98 Å². The highest BCUT2D eigenvalue weighted by molar-refractivity contribution is 5.63. The summed E-state index contributed by atoms with van der Waals surface area (Å²) in [5.74, 6) is 2.07. The summed E-state index contributed by atoms with van der Waals surface area (Å²) in [6, 6.07) is 14.4. The van der Waals surface area contributed by atoms with Crippen LogP contribution in [0.1, 0.15) is 5.56 Å². The summed E-state index contributed by atoms with van der Waals surface area (Å²) in [7, 11) is 1.69. The predicted molar refractivity (Wildman–Crippen MR) is 100 cm³/mol. The van der Waals surface area contributed by atoms with Crippen molar-refractivity contribution in [2.24, 2.45) is 0 Å².